The van der Waals surface area contributed by atoms with Gasteiger partial charge in [-0.15, -0.1) is 0 Å². The summed E-state index contributed by atoms with van der Waals surface area (Å²) in [5.41, 5.74) is 2.61. The van der Waals surface area contributed by atoms with Gasteiger partial charge in [0.05, 0.1) is 25.2 Å². The van der Waals surface area contributed by atoms with Crippen molar-refractivity contribution in [3.63, 3.8) is 0 Å². The van der Waals surface area contributed by atoms with Crippen LogP contribution in [0.2, 0.25) is 0 Å². The first-order chi connectivity index (χ1) is 17.6. The standard InChI is InChI=1S/C29H32O7/c1-32-15-5-13-29(33-16-17-34-29)14-12-23-24-18-27(30)35-26(24)19-25(23)36-28(31)22-10-8-21(9-11-22)20-6-3-2-4-7-20/h2-4,6-12,14,23-26H,5,13,15-19H2,1H3/b14-12+/t23-,24-,25-,26+/m1/s1. The molecule has 1 aliphatic carbocycles. The van der Waals surface area contributed by atoms with Crippen LogP contribution in [0.25, 0.3) is 11.1 Å². The molecule has 7 nitrogen and oxygen atoms in total. The van der Waals surface area contributed by atoms with E-state index in [2.05, 4.69) is 0 Å². The Balaban J connectivity index is 1.30. The molecule has 1 saturated carbocycles. The number of carbonyl (C=O) groups excluding carboxylic acids is 2. The predicted octanol–water partition coefficient (Wildman–Crippen LogP) is 4.56. The third kappa shape index (κ3) is 5.38. The zero-order valence-corrected chi connectivity index (χ0v) is 20.5. The van der Waals surface area contributed by atoms with E-state index >= 15 is 0 Å². The van der Waals surface area contributed by atoms with Crippen LogP contribution in [-0.4, -0.2) is 56.9 Å². The molecule has 2 aromatic rings. The number of methoxy groups -OCH3 is 1. The van der Waals surface area contributed by atoms with Crippen molar-refractivity contribution in [2.45, 2.75) is 43.7 Å². The largest absolute Gasteiger partial charge is 0.462 e. The Kier molecular flexibility index (Phi) is 7.51. The van der Waals surface area contributed by atoms with Gasteiger partial charge < -0.3 is 23.7 Å². The molecule has 7 heteroatoms. The number of esters is 2. The van der Waals surface area contributed by atoms with Gasteiger partial charge in [-0.1, -0.05) is 48.5 Å². The molecule has 36 heavy (non-hydrogen) atoms. The zero-order chi connectivity index (χ0) is 25.0. The maximum Gasteiger partial charge on any atom is 0.338 e. The summed E-state index contributed by atoms with van der Waals surface area (Å²) in [5, 5.41) is 0. The van der Waals surface area contributed by atoms with Gasteiger partial charge in [-0.2, -0.15) is 0 Å². The first kappa shape index (κ1) is 24.7. The fourth-order valence-corrected chi connectivity index (χ4v) is 5.44. The van der Waals surface area contributed by atoms with E-state index in [1.54, 1.807) is 19.2 Å². The van der Waals surface area contributed by atoms with Crippen molar-refractivity contribution in [2.24, 2.45) is 11.8 Å². The summed E-state index contributed by atoms with van der Waals surface area (Å²) < 4.78 is 28.6. The van der Waals surface area contributed by atoms with Crippen molar-refractivity contribution in [3.05, 3.63) is 72.3 Å². The Bertz CT molecular complexity index is 1070. The maximum atomic E-state index is 13.1. The van der Waals surface area contributed by atoms with E-state index in [0.29, 0.717) is 44.6 Å². The molecule has 2 aliphatic heterocycles. The molecule has 0 N–H and O–H groups in total. The van der Waals surface area contributed by atoms with Gasteiger partial charge in [0.15, 0.2) is 5.79 Å². The molecule has 2 aromatic carbocycles. The summed E-state index contributed by atoms with van der Waals surface area (Å²) in [4.78, 5) is 25.0. The van der Waals surface area contributed by atoms with Gasteiger partial charge in [-0.3, -0.25) is 4.79 Å². The van der Waals surface area contributed by atoms with Gasteiger partial charge in [-0.25, -0.2) is 4.79 Å². The molecular weight excluding hydrogens is 460 g/mol. The molecule has 0 aromatic heterocycles. The molecule has 0 bridgehead atoms. The van der Waals surface area contributed by atoms with E-state index in [4.69, 9.17) is 23.7 Å². The van der Waals surface area contributed by atoms with Gasteiger partial charge in [0.25, 0.3) is 0 Å². The number of ether oxygens (including phenoxy) is 5. The number of hydrogen-bond acceptors (Lipinski definition) is 7. The number of rotatable bonds is 9. The maximum absolute atomic E-state index is 13.1. The Labute approximate surface area is 211 Å². The molecular formula is C29H32O7. The number of benzene rings is 2. The van der Waals surface area contributed by atoms with Crippen LogP contribution in [-0.2, 0) is 28.5 Å². The monoisotopic (exact) mass is 492 g/mol. The van der Waals surface area contributed by atoms with Crippen molar-refractivity contribution in [2.75, 3.05) is 26.9 Å². The highest BCUT2D eigenvalue weighted by Crippen LogP contribution is 2.44. The fraction of sp³-hybridized carbons (Fsp3) is 0.448. The summed E-state index contributed by atoms with van der Waals surface area (Å²) in [6.07, 6.45) is 5.53. The van der Waals surface area contributed by atoms with Crippen molar-refractivity contribution in [1.82, 2.24) is 0 Å². The SMILES string of the molecule is COCCCC1(/C=C/[C@@H]2[C@H]3CC(=O)O[C@H]3C[C@H]2OC(=O)c2ccc(-c3ccccc3)cc2)OCCO1. The van der Waals surface area contributed by atoms with Gasteiger partial charge >= 0.3 is 11.9 Å². The lowest BCUT2D eigenvalue weighted by Crippen LogP contribution is -2.30. The quantitative estimate of drug-likeness (QED) is 0.288. The Hall–Kier alpha value is -3.00. The average Bonchev–Trinajstić information content (AvgIpc) is 3.59. The van der Waals surface area contributed by atoms with Crippen LogP contribution in [0, 0.1) is 11.8 Å². The Morgan fingerprint density at radius 3 is 2.50 bits per heavy atom. The van der Waals surface area contributed by atoms with Crippen molar-refractivity contribution < 1.29 is 33.3 Å². The number of carbonyl (C=O) groups is 2. The normalized spacial score (nSPS) is 26.8. The average molecular weight is 493 g/mol. The zero-order valence-electron chi connectivity index (χ0n) is 20.5. The third-order valence-electron chi connectivity index (χ3n) is 7.26. The summed E-state index contributed by atoms with van der Waals surface area (Å²) in [6.45, 7) is 1.65. The molecule has 0 unspecified atom stereocenters. The Morgan fingerprint density at radius 2 is 1.78 bits per heavy atom. The summed E-state index contributed by atoms with van der Waals surface area (Å²) in [6, 6.07) is 17.4. The van der Waals surface area contributed by atoms with Crippen LogP contribution in [0.1, 0.15) is 36.0 Å². The minimum absolute atomic E-state index is 0.0376. The summed E-state index contributed by atoms with van der Waals surface area (Å²) >= 11 is 0. The van der Waals surface area contributed by atoms with Crippen LogP contribution < -0.4 is 0 Å². The molecule has 2 heterocycles. The highest BCUT2D eigenvalue weighted by Gasteiger charge is 2.51. The van der Waals surface area contributed by atoms with Crippen molar-refractivity contribution in [3.8, 4) is 11.1 Å². The van der Waals surface area contributed by atoms with Gasteiger partial charge in [0.1, 0.15) is 12.2 Å². The molecule has 3 fully saturated rings. The molecule has 0 radical (unpaired) electrons. The third-order valence-corrected chi connectivity index (χ3v) is 7.26. The van der Waals surface area contributed by atoms with Crippen molar-refractivity contribution >= 4 is 11.9 Å². The van der Waals surface area contributed by atoms with E-state index in [1.165, 1.54) is 0 Å². The first-order valence-electron chi connectivity index (χ1n) is 12.6. The van der Waals surface area contributed by atoms with Crippen LogP contribution >= 0.6 is 0 Å². The van der Waals surface area contributed by atoms with E-state index in [0.717, 1.165) is 17.5 Å². The second-order valence-electron chi connectivity index (χ2n) is 9.56. The lowest BCUT2D eigenvalue weighted by molar-refractivity contribution is -0.141. The minimum Gasteiger partial charge on any atom is -0.462 e. The van der Waals surface area contributed by atoms with Crippen molar-refractivity contribution in [1.29, 1.82) is 0 Å². The second kappa shape index (κ2) is 10.9. The summed E-state index contributed by atoms with van der Waals surface area (Å²) in [5.74, 6) is -1.60. The molecule has 5 rings (SSSR count). The Morgan fingerprint density at radius 1 is 1.06 bits per heavy atom. The fourth-order valence-electron chi connectivity index (χ4n) is 5.44. The molecule has 4 atom stereocenters. The van der Waals surface area contributed by atoms with Crippen LogP contribution in [0.5, 0.6) is 0 Å². The smallest absolute Gasteiger partial charge is 0.338 e. The highest BCUT2D eigenvalue weighted by atomic mass is 16.7. The minimum atomic E-state index is -0.818. The van der Waals surface area contributed by atoms with E-state index in [1.807, 2.05) is 54.6 Å². The van der Waals surface area contributed by atoms with Gasteiger partial charge in [0.2, 0.25) is 0 Å². The molecule has 190 valence electrons. The lowest BCUT2D eigenvalue weighted by atomic mass is 9.90. The van der Waals surface area contributed by atoms with Crippen LogP contribution in [0.4, 0.5) is 0 Å². The second-order valence-corrected chi connectivity index (χ2v) is 9.56. The van der Waals surface area contributed by atoms with Crippen LogP contribution in [0.3, 0.4) is 0 Å². The highest BCUT2D eigenvalue weighted by molar-refractivity contribution is 5.90. The first-order valence-corrected chi connectivity index (χ1v) is 12.6. The van der Waals surface area contributed by atoms with Crippen LogP contribution in [0.15, 0.2) is 66.7 Å². The lowest BCUT2D eigenvalue weighted by Gasteiger charge is -2.26. The number of fused-ring (bicyclic) bond motifs is 1. The number of hydrogen-bond donors (Lipinski definition) is 0. The molecule has 2 saturated heterocycles. The van der Waals surface area contributed by atoms with E-state index in [9.17, 15) is 9.59 Å². The predicted molar refractivity (Wildman–Crippen MR) is 132 cm³/mol. The van der Waals surface area contributed by atoms with Gasteiger partial charge in [-0.05, 0) is 35.8 Å². The topological polar surface area (TPSA) is 80.3 Å². The molecule has 3 aliphatic rings. The van der Waals surface area contributed by atoms with Gasteiger partial charge in [0, 0.05) is 38.4 Å². The van der Waals surface area contributed by atoms with E-state index < -0.39 is 11.9 Å². The summed E-state index contributed by atoms with van der Waals surface area (Å²) in [7, 11) is 1.67. The molecule has 0 spiro atoms. The molecule has 0 amide bonds. The van der Waals surface area contributed by atoms with E-state index in [-0.39, 0.29) is 29.9 Å².